The van der Waals surface area contributed by atoms with Crippen LogP contribution >= 0.6 is 12.4 Å². The molecular weight excluding hydrogens is 279 g/mol. The average molecular weight is 301 g/mol. The minimum Gasteiger partial charge on any atom is -0.333 e. The standard InChI is InChI=1S/C15H21FN2O.ClH/c1-2-3-7-15(19)18-9-8-17-11-14(18)12-5-4-6-13(16)10-12;/h4-6,10,14,17H,2-3,7-9,11H2,1H3;1H. The number of unbranched alkanes of at least 4 members (excludes halogenated alkanes) is 1. The molecule has 5 heteroatoms. The Labute approximate surface area is 125 Å². The lowest BCUT2D eigenvalue weighted by Crippen LogP contribution is -2.48. The smallest absolute Gasteiger partial charge is 0.223 e. The fourth-order valence-electron chi connectivity index (χ4n) is 2.49. The van der Waals surface area contributed by atoms with Gasteiger partial charge in [0.2, 0.25) is 5.91 Å². The van der Waals surface area contributed by atoms with Crippen molar-refractivity contribution in [1.29, 1.82) is 0 Å². The van der Waals surface area contributed by atoms with E-state index in [1.807, 2.05) is 11.0 Å². The van der Waals surface area contributed by atoms with Crippen molar-refractivity contribution in [3.8, 4) is 0 Å². The van der Waals surface area contributed by atoms with Crippen LogP contribution in [0.2, 0.25) is 0 Å². The second-order valence-corrected chi connectivity index (χ2v) is 4.97. The van der Waals surface area contributed by atoms with E-state index in [0.29, 0.717) is 19.5 Å². The van der Waals surface area contributed by atoms with Crippen molar-refractivity contribution >= 4 is 18.3 Å². The van der Waals surface area contributed by atoms with E-state index in [-0.39, 0.29) is 30.2 Å². The predicted molar refractivity (Wildman–Crippen MR) is 80.5 cm³/mol. The highest BCUT2D eigenvalue weighted by Gasteiger charge is 2.27. The molecule has 1 N–H and O–H groups in total. The summed E-state index contributed by atoms with van der Waals surface area (Å²) in [6.45, 7) is 4.28. The SMILES string of the molecule is CCCCC(=O)N1CCNCC1c1cccc(F)c1.Cl. The van der Waals surface area contributed by atoms with E-state index in [4.69, 9.17) is 0 Å². The summed E-state index contributed by atoms with van der Waals surface area (Å²) in [5.74, 6) is -0.0679. The van der Waals surface area contributed by atoms with Gasteiger partial charge in [0.25, 0.3) is 0 Å². The maximum atomic E-state index is 13.3. The van der Waals surface area contributed by atoms with Crippen molar-refractivity contribution in [2.45, 2.75) is 32.2 Å². The number of nitrogens with one attached hydrogen (secondary N) is 1. The zero-order chi connectivity index (χ0) is 13.7. The van der Waals surface area contributed by atoms with Gasteiger partial charge in [-0.25, -0.2) is 4.39 Å². The third kappa shape index (κ3) is 4.18. The number of piperazine rings is 1. The number of hydrogen-bond acceptors (Lipinski definition) is 2. The first-order valence-electron chi connectivity index (χ1n) is 6.98. The second-order valence-electron chi connectivity index (χ2n) is 4.97. The van der Waals surface area contributed by atoms with Crippen molar-refractivity contribution < 1.29 is 9.18 Å². The summed E-state index contributed by atoms with van der Waals surface area (Å²) in [6, 6.07) is 6.50. The van der Waals surface area contributed by atoms with Gasteiger partial charge in [0.1, 0.15) is 5.82 Å². The number of rotatable bonds is 4. The van der Waals surface area contributed by atoms with E-state index >= 15 is 0 Å². The van der Waals surface area contributed by atoms with Crippen LogP contribution in [0.25, 0.3) is 0 Å². The lowest BCUT2D eigenvalue weighted by atomic mass is 10.0. The molecule has 0 bridgehead atoms. The minimum atomic E-state index is -0.246. The number of nitrogens with zero attached hydrogens (tertiary/aromatic N) is 1. The van der Waals surface area contributed by atoms with Crippen LogP contribution < -0.4 is 5.32 Å². The Morgan fingerprint density at radius 1 is 1.50 bits per heavy atom. The molecule has 1 aromatic rings. The predicted octanol–water partition coefficient (Wildman–Crippen LogP) is 2.91. The van der Waals surface area contributed by atoms with E-state index < -0.39 is 0 Å². The Morgan fingerprint density at radius 2 is 2.30 bits per heavy atom. The summed E-state index contributed by atoms with van der Waals surface area (Å²) in [5.41, 5.74) is 0.872. The van der Waals surface area contributed by atoms with Crippen LogP contribution in [0.5, 0.6) is 0 Å². The molecule has 0 radical (unpaired) electrons. The molecule has 1 unspecified atom stereocenters. The van der Waals surface area contributed by atoms with Gasteiger partial charge in [0, 0.05) is 26.1 Å². The van der Waals surface area contributed by atoms with Gasteiger partial charge in [-0.2, -0.15) is 0 Å². The van der Waals surface area contributed by atoms with E-state index in [1.165, 1.54) is 12.1 Å². The fraction of sp³-hybridized carbons (Fsp3) is 0.533. The highest BCUT2D eigenvalue weighted by Crippen LogP contribution is 2.24. The maximum Gasteiger partial charge on any atom is 0.223 e. The zero-order valence-electron chi connectivity index (χ0n) is 11.8. The summed E-state index contributed by atoms with van der Waals surface area (Å²) >= 11 is 0. The number of benzene rings is 1. The monoisotopic (exact) mass is 300 g/mol. The van der Waals surface area contributed by atoms with Crippen molar-refractivity contribution in [3.63, 3.8) is 0 Å². The molecule has 3 nitrogen and oxygen atoms in total. The molecule has 0 aromatic heterocycles. The number of carbonyl (C=O) groups excluding carboxylic acids is 1. The molecule has 1 amide bonds. The molecule has 112 valence electrons. The van der Waals surface area contributed by atoms with Crippen LogP contribution in [-0.2, 0) is 4.79 Å². The Kier molecular flexibility index (Phi) is 6.96. The first-order valence-corrected chi connectivity index (χ1v) is 6.98. The van der Waals surface area contributed by atoms with Crippen LogP contribution in [0, 0.1) is 5.82 Å². The molecule has 1 atom stereocenters. The first kappa shape index (κ1) is 16.9. The van der Waals surface area contributed by atoms with Gasteiger partial charge in [-0.05, 0) is 24.1 Å². The molecule has 20 heavy (non-hydrogen) atoms. The molecule has 1 aromatic carbocycles. The van der Waals surface area contributed by atoms with Gasteiger partial charge in [0.05, 0.1) is 6.04 Å². The van der Waals surface area contributed by atoms with Gasteiger partial charge < -0.3 is 10.2 Å². The molecule has 1 saturated heterocycles. The van der Waals surface area contributed by atoms with Crippen LogP contribution in [0.15, 0.2) is 24.3 Å². The van der Waals surface area contributed by atoms with E-state index in [1.54, 1.807) is 6.07 Å². The quantitative estimate of drug-likeness (QED) is 0.927. The van der Waals surface area contributed by atoms with Gasteiger partial charge in [0.15, 0.2) is 0 Å². The van der Waals surface area contributed by atoms with Crippen molar-refractivity contribution in [3.05, 3.63) is 35.6 Å². The third-order valence-corrected chi connectivity index (χ3v) is 3.54. The van der Waals surface area contributed by atoms with E-state index in [0.717, 1.165) is 24.9 Å². The molecule has 2 rings (SSSR count). The number of halogens is 2. The molecule has 1 heterocycles. The molecule has 1 aliphatic rings. The summed E-state index contributed by atoms with van der Waals surface area (Å²) in [5, 5.41) is 3.28. The van der Waals surface area contributed by atoms with E-state index in [9.17, 15) is 9.18 Å². The third-order valence-electron chi connectivity index (χ3n) is 3.54. The van der Waals surface area contributed by atoms with Crippen LogP contribution in [-0.4, -0.2) is 30.4 Å². The van der Waals surface area contributed by atoms with Crippen LogP contribution in [0.1, 0.15) is 37.8 Å². The first-order chi connectivity index (χ1) is 9.22. The molecule has 0 aliphatic carbocycles. The lowest BCUT2D eigenvalue weighted by molar-refractivity contribution is -0.134. The summed E-state index contributed by atoms with van der Waals surface area (Å²) < 4.78 is 13.3. The Bertz CT molecular complexity index is 442. The molecule has 1 aliphatic heterocycles. The van der Waals surface area contributed by atoms with Gasteiger partial charge in [-0.3, -0.25) is 4.79 Å². The maximum absolute atomic E-state index is 13.3. The van der Waals surface area contributed by atoms with E-state index in [2.05, 4.69) is 12.2 Å². The van der Waals surface area contributed by atoms with Gasteiger partial charge in [-0.1, -0.05) is 25.5 Å². The van der Waals surface area contributed by atoms with Crippen molar-refractivity contribution in [2.24, 2.45) is 0 Å². The number of carbonyl (C=O) groups is 1. The second kappa shape index (κ2) is 8.22. The molecular formula is C15H22ClFN2O. The average Bonchev–Trinajstić information content (AvgIpc) is 2.45. The Hall–Kier alpha value is -1.13. The van der Waals surface area contributed by atoms with Gasteiger partial charge >= 0.3 is 0 Å². The number of amides is 1. The largest absolute Gasteiger partial charge is 0.333 e. The highest BCUT2D eigenvalue weighted by molar-refractivity contribution is 5.85. The Morgan fingerprint density at radius 3 is 3.00 bits per heavy atom. The van der Waals surface area contributed by atoms with Crippen molar-refractivity contribution in [1.82, 2.24) is 10.2 Å². The minimum absolute atomic E-state index is 0. The summed E-state index contributed by atoms with van der Waals surface area (Å²) in [6.07, 6.45) is 2.52. The Balaban J connectivity index is 0.00000200. The molecule has 1 fully saturated rings. The van der Waals surface area contributed by atoms with Gasteiger partial charge in [-0.15, -0.1) is 12.4 Å². The summed E-state index contributed by atoms with van der Waals surface area (Å²) in [4.78, 5) is 14.1. The highest BCUT2D eigenvalue weighted by atomic mass is 35.5. The van der Waals surface area contributed by atoms with Crippen LogP contribution in [0.3, 0.4) is 0 Å². The zero-order valence-corrected chi connectivity index (χ0v) is 12.6. The fourth-order valence-corrected chi connectivity index (χ4v) is 2.49. The van der Waals surface area contributed by atoms with Crippen LogP contribution in [0.4, 0.5) is 4.39 Å². The normalized spacial score (nSPS) is 18.5. The van der Waals surface area contributed by atoms with Crippen molar-refractivity contribution in [2.75, 3.05) is 19.6 Å². The molecule has 0 saturated carbocycles. The molecule has 0 spiro atoms. The number of hydrogen-bond donors (Lipinski definition) is 1. The topological polar surface area (TPSA) is 32.3 Å². The lowest BCUT2D eigenvalue weighted by Gasteiger charge is -2.36. The summed E-state index contributed by atoms with van der Waals surface area (Å²) in [7, 11) is 0.